The van der Waals surface area contributed by atoms with Crippen LogP contribution in [0.15, 0.2) is 6.07 Å². The van der Waals surface area contributed by atoms with Crippen LogP contribution in [0.1, 0.15) is 35.3 Å². The molecule has 4 heteroatoms. The van der Waals surface area contributed by atoms with E-state index in [2.05, 4.69) is 13.8 Å². The molecule has 0 aromatic heterocycles. The second-order valence-corrected chi connectivity index (χ2v) is 6.49. The number of fused-ring (bicyclic) bond motifs is 1. The molecule has 0 aliphatic carbocycles. The van der Waals surface area contributed by atoms with Crippen LogP contribution in [0.3, 0.4) is 0 Å². The Bertz CT molecular complexity index is 530. The van der Waals surface area contributed by atoms with Gasteiger partial charge in [-0.25, -0.2) is 0 Å². The zero-order valence-electron chi connectivity index (χ0n) is 13.8. The average molecular weight is 292 g/mol. The minimum Gasteiger partial charge on any atom is -0.486 e. The summed E-state index contributed by atoms with van der Waals surface area (Å²) in [6.07, 6.45) is 1.72. The molecule has 0 amide bonds. The fraction of sp³-hybridized carbons (Fsp3) is 0.588. The lowest BCUT2D eigenvalue weighted by Gasteiger charge is -2.27. The van der Waals surface area contributed by atoms with Crippen molar-refractivity contribution in [3.05, 3.63) is 22.8 Å². The molecule has 0 unspecified atom stereocenters. The number of Topliss-reactive ketones (excluding diaryl/α,β-unsaturated/α-hetero) is 1. The third-order valence-electron chi connectivity index (χ3n) is 3.66. The van der Waals surface area contributed by atoms with Crippen molar-refractivity contribution in [2.45, 2.75) is 26.7 Å². The number of rotatable bonds is 5. The van der Waals surface area contributed by atoms with Crippen molar-refractivity contribution in [2.75, 3.05) is 40.9 Å². The van der Waals surface area contributed by atoms with Gasteiger partial charge in [-0.15, -0.1) is 0 Å². The number of quaternary nitrogens is 1. The summed E-state index contributed by atoms with van der Waals surface area (Å²) in [5, 5.41) is 0. The summed E-state index contributed by atoms with van der Waals surface area (Å²) < 4.78 is 12.1. The summed E-state index contributed by atoms with van der Waals surface area (Å²) in [5.74, 6) is 1.50. The third kappa shape index (κ3) is 3.38. The molecule has 0 N–H and O–H groups in total. The van der Waals surface area contributed by atoms with Crippen molar-refractivity contribution in [1.82, 2.24) is 0 Å². The highest BCUT2D eigenvalue weighted by atomic mass is 16.6. The van der Waals surface area contributed by atoms with Gasteiger partial charge in [0.2, 0.25) is 5.78 Å². The number of likely N-dealkylation sites (N-methyl/N-ethyl adjacent to an activating group) is 1. The van der Waals surface area contributed by atoms with Crippen LogP contribution in [0, 0.1) is 0 Å². The van der Waals surface area contributed by atoms with Crippen LogP contribution in [0.2, 0.25) is 0 Å². The summed E-state index contributed by atoms with van der Waals surface area (Å²) in [7, 11) is 6.07. The lowest BCUT2D eigenvalue weighted by atomic mass is 9.92. The number of hydrogen-bond donors (Lipinski definition) is 0. The Morgan fingerprint density at radius 2 is 1.81 bits per heavy atom. The Kier molecular flexibility index (Phi) is 4.57. The van der Waals surface area contributed by atoms with Crippen LogP contribution in [0.25, 0.3) is 0 Å². The third-order valence-corrected chi connectivity index (χ3v) is 3.66. The highest BCUT2D eigenvalue weighted by Crippen LogP contribution is 2.39. The van der Waals surface area contributed by atoms with Crippen molar-refractivity contribution < 1.29 is 18.8 Å². The Morgan fingerprint density at radius 1 is 1.14 bits per heavy atom. The van der Waals surface area contributed by atoms with Gasteiger partial charge in [-0.2, -0.15) is 0 Å². The molecule has 0 spiro atoms. The summed E-state index contributed by atoms with van der Waals surface area (Å²) in [4.78, 5) is 12.8. The molecule has 1 aromatic rings. The molecule has 1 aliphatic heterocycles. The van der Waals surface area contributed by atoms with Crippen molar-refractivity contribution in [3.63, 3.8) is 0 Å². The van der Waals surface area contributed by atoms with Crippen LogP contribution < -0.4 is 9.47 Å². The van der Waals surface area contributed by atoms with Crippen LogP contribution in [-0.2, 0) is 12.8 Å². The van der Waals surface area contributed by atoms with E-state index in [9.17, 15) is 4.79 Å². The smallest absolute Gasteiger partial charge is 0.221 e. The van der Waals surface area contributed by atoms with E-state index < -0.39 is 0 Å². The van der Waals surface area contributed by atoms with Crippen LogP contribution in [0.4, 0.5) is 0 Å². The molecule has 116 valence electrons. The predicted octanol–water partition coefficient (Wildman–Crippen LogP) is 2.47. The minimum absolute atomic E-state index is 0.136. The number of ether oxygens (including phenoxy) is 2. The van der Waals surface area contributed by atoms with Crippen molar-refractivity contribution in [1.29, 1.82) is 0 Å². The summed E-state index contributed by atoms with van der Waals surface area (Å²) in [5.41, 5.74) is 3.03. The van der Waals surface area contributed by atoms with E-state index in [0.717, 1.165) is 29.7 Å². The highest BCUT2D eigenvalue weighted by Gasteiger charge is 2.28. The zero-order valence-corrected chi connectivity index (χ0v) is 13.8. The first kappa shape index (κ1) is 15.8. The second kappa shape index (κ2) is 6.06. The van der Waals surface area contributed by atoms with Gasteiger partial charge < -0.3 is 14.0 Å². The number of ketones is 1. The molecule has 1 aliphatic rings. The van der Waals surface area contributed by atoms with Crippen molar-refractivity contribution >= 4 is 5.78 Å². The fourth-order valence-electron chi connectivity index (χ4n) is 2.80. The van der Waals surface area contributed by atoms with E-state index in [1.807, 2.05) is 27.2 Å². The molecule has 1 aromatic carbocycles. The lowest BCUT2D eigenvalue weighted by Crippen LogP contribution is -2.40. The molecule has 0 saturated carbocycles. The van der Waals surface area contributed by atoms with E-state index in [1.54, 1.807) is 0 Å². The lowest BCUT2D eigenvalue weighted by molar-refractivity contribution is -0.861. The molecular weight excluding hydrogens is 266 g/mol. The first-order valence-electron chi connectivity index (χ1n) is 7.65. The van der Waals surface area contributed by atoms with Crippen LogP contribution in [-0.4, -0.2) is 51.2 Å². The number of nitrogens with zero attached hydrogens (tertiary/aromatic N) is 1. The molecule has 0 bridgehead atoms. The molecule has 2 rings (SSSR count). The SMILES string of the molecule is CCc1cc2c(c(C(=O)C[N+](C)(C)C)c1CC)OCCO2. The van der Waals surface area contributed by atoms with Gasteiger partial charge in [0, 0.05) is 0 Å². The van der Waals surface area contributed by atoms with Crippen molar-refractivity contribution in [2.24, 2.45) is 0 Å². The average Bonchev–Trinajstić information content (AvgIpc) is 2.42. The number of hydrogen-bond acceptors (Lipinski definition) is 3. The normalized spacial score (nSPS) is 14.1. The van der Waals surface area contributed by atoms with E-state index in [4.69, 9.17) is 9.47 Å². The van der Waals surface area contributed by atoms with Gasteiger partial charge in [-0.1, -0.05) is 13.8 Å². The molecular formula is C17H26NO3+. The Labute approximate surface area is 127 Å². The maximum atomic E-state index is 12.8. The van der Waals surface area contributed by atoms with Gasteiger partial charge in [0.05, 0.1) is 26.7 Å². The number of benzene rings is 1. The first-order valence-corrected chi connectivity index (χ1v) is 7.65. The predicted molar refractivity (Wildman–Crippen MR) is 83.4 cm³/mol. The summed E-state index contributed by atoms with van der Waals surface area (Å²) >= 11 is 0. The maximum Gasteiger partial charge on any atom is 0.221 e. The molecule has 0 fully saturated rings. The highest BCUT2D eigenvalue weighted by molar-refractivity contribution is 6.02. The molecule has 0 saturated heterocycles. The fourth-order valence-corrected chi connectivity index (χ4v) is 2.80. The van der Waals surface area contributed by atoms with Crippen LogP contribution in [0.5, 0.6) is 11.5 Å². The molecule has 4 nitrogen and oxygen atoms in total. The van der Waals surface area contributed by atoms with Crippen molar-refractivity contribution in [3.8, 4) is 11.5 Å². The van der Waals surface area contributed by atoms with Gasteiger partial charge >= 0.3 is 0 Å². The van der Waals surface area contributed by atoms with Gasteiger partial charge in [0.15, 0.2) is 11.5 Å². The first-order chi connectivity index (χ1) is 9.87. The van der Waals surface area contributed by atoms with Gasteiger partial charge in [0.25, 0.3) is 0 Å². The molecule has 21 heavy (non-hydrogen) atoms. The van der Waals surface area contributed by atoms with E-state index >= 15 is 0 Å². The summed E-state index contributed by atoms with van der Waals surface area (Å²) in [6.45, 7) is 5.71. The number of carbonyl (C=O) groups excluding carboxylic acids is 1. The second-order valence-electron chi connectivity index (χ2n) is 6.49. The van der Waals surface area contributed by atoms with E-state index in [0.29, 0.717) is 30.0 Å². The number of carbonyl (C=O) groups is 1. The molecule has 0 atom stereocenters. The Balaban J connectivity index is 2.57. The number of aryl methyl sites for hydroxylation is 1. The summed E-state index contributed by atoms with van der Waals surface area (Å²) in [6, 6.07) is 2.04. The van der Waals surface area contributed by atoms with Gasteiger partial charge in [-0.3, -0.25) is 4.79 Å². The van der Waals surface area contributed by atoms with Gasteiger partial charge in [-0.05, 0) is 30.0 Å². The maximum absolute atomic E-state index is 12.8. The van der Waals surface area contributed by atoms with Gasteiger partial charge in [0.1, 0.15) is 19.8 Å². The van der Waals surface area contributed by atoms with Crippen LogP contribution >= 0.6 is 0 Å². The molecule has 1 heterocycles. The Hall–Kier alpha value is -1.55. The topological polar surface area (TPSA) is 35.5 Å². The minimum atomic E-state index is 0.136. The molecule has 0 radical (unpaired) electrons. The monoisotopic (exact) mass is 292 g/mol. The van der Waals surface area contributed by atoms with E-state index in [1.165, 1.54) is 5.56 Å². The standard InChI is InChI=1S/C17H26NO3/c1-6-12-10-15-17(21-9-8-20-15)16(13(12)7-2)14(19)11-18(3,4)5/h10H,6-9,11H2,1-5H3/q+1. The quantitative estimate of drug-likeness (QED) is 0.618. The largest absolute Gasteiger partial charge is 0.486 e. The Morgan fingerprint density at radius 3 is 2.38 bits per heavy atom. The van der Waals surface area contributed by atoms with E-state index in [-0.39, 0.29) is 5.78 Å². The zero-order chi connectivity index (χ0) is 15.6.